The number of carbonyl (C=O) groups excluding carboxylic acids is 1. The fourth-order valence-electron chi connectivity index (χ4n) is 4.67. The zero-order chi connectivity index (χ0) is 31.2. The first kappa shape index (κ1) is 22.1. The summed E-state index contributed by atoms with van der Waals surface area (Å²) in [5, 5.41) is 11.2. The van der Waals surface area contributed by atoms with Crippen molar-refractivity contribution < 1.29 is 13.3 Å². The first-order valence-corrected chi connectivity index (χ1v) is 12.4. The molecule has 4 heterocycles. The molecule has 0 saturated carbocycles. The maximum atomic E-state index is 15.2. The van der Waals surface area contributed by atoms with Gasteiger partial charge in [0, 0.05) is 41.1 Å². The predicted molar refractivity (Wildman–Crippen MR) is 152 cm³/mol. The summed E-state index contributed by atoms with van der Waals surface area (Å²) in [5.74, 6) is 4.15. The van der Waals surface area contributed by atoms with Crippen molar-refractivity contribution in [1.29, 1.82) is 0 Å². The molecule has 0 aliphatic rings. The van der Waals surface area contributed by atoms with Gasteiger partial charge in [-0.1, -0.05) is 36.1 Å². The molecular weight excluding hydrogens is 523 g/mol. The minimum absolute atomic E-state index is 0.00420. The van der Waals surface area contributed by atoms with Crippen LogP contribution in [0.4, 0.5) is 10.2 Å². The van der Waals surface area contributed by atoms with Gasteiger partial charge in [0.25, 0.3) is 11.5 Å². The molecule has 0 aliphatic heterocycles. The zero-order valence-electron chi connectivity index (χ0n) is 24.5. The summed E-state index contributed by atoms with van der Waals surface area (Å²) in [5.41, 5.74) is 6.81. The van der Waals surface area contributed by atoms with Gasteiger partial charge in [0.1, 0.15) is 11.4 Å². The summed E-state index contributed by atoms with van der Waals surface area (Å²) in [6.45, 7) is -0.788. The van der Waals surface area contributed by atoms with E-state index in [1.54, 1.807) is 55.6 Å². The Morgan fingerprint density at radius 3 is 2.78 bits per heavy atom. The van der Waals surface area contributed by atoms with Gasteiger partial charge in [-0.25, -0.2) is 13.9 Å². The summed E-state index contributed by atoms with van der Waals surface area (Å²) >= 11 is 0. The van der Waals surface area contributed by atoms with E-state index >= 15 is 4.39 Å². The van der Waals surface area contributed by atoms with Gasteiger partial charge >= 0.3 is 0 Å². The van der Waals surface area contributed by atoms with Crippen LogP contribution in [0.2, 0.25) is 0 Å². The number of nitrogens with two attached hydrogens (primary N) is 1. The van der Waals surface area contributed by atoms with Gasteiger partial charge in [-0.3, -0.25) is 18.8 Å². The number of anilines is 1. The van der Waals surface area contributed by atoms with Crippen molar-refractivity contribution in [1.82, 2.24) is 34.3 Å². The molecule has 41 heavy (non-hydrogen) atoms. The second-order valence-electron chi connectivity index (χ2n) is 9.20. The normalized spacial score (nSPS) is 13.2. The molecule has 0 fully saturated rings. The molecule has 6 aromatic rings. The van der Waals surface area contributed by atoms with Crippen LogP contribution in [0.15, 0.2) is 84.2 Å². The van der Waals surface area contributed by atoms with Gasteiger partial charge in [0.2, 0.25) is 0 Å². The van der Waals surface area contributed by atoms with E-state index in [2.05, 4.69) is 32.3 Å². The lowest BCUT2D eigenvalue weighted by Gasteiger charge is -2.21. The van der Waals surface area contributed by atoms with E-state index in [1.807, 2.05) is 0 Å². The minimum Gasteiger partial charge on any atom is -0.381 e. The standard InChI is InChI=1S/C30H23FN8O2/c1-18(35-29(40)26-27(32)36-38-14-6-13-33-28(26)38)24-15-20-10-12-23(31)22(11-9-19-16-34-37(2)17-19)25(20)30(41)39(24)21-7-4-3-5-8-21/h3-8,10,12-18H,1-2H3,(H2,32,36)(H,35,40)/t18-/m0/s1/i2D3. The summed E-state index contributed by atoms with van der Waals surface area (Å²) in [7, 11) is 0. The second-order valence-corrected chi connectivity index (χ2v) is 9.20. The van der Waals surface area contributed by atoms with Gasteiger partial charge in [-0.15, -0.1) is 5.10 Å². The number of nitrogens with zero attached hydrogens (tertiary/aromatic N) is 6. The number of nitrogens with one attached hydrogen (secondary N) is 1. The molecule has 0 spiro atoms. The predicted octanol–water partition coefficient (Wildman–Crippen LogP) is 3.38. The number of aryl methyl sites for hydroxylation is 1. The maximum Gasteiger partial charge on any atom is 0.264 e. The van der Waals surface area contributed by atoms with E-state index in [9.17, 15) is 9.59 Å². The first-order chi connectivity index (χ1) is 21.0. The fourth-order valence-corrected chi connectivity index (χ4v) is 4.67. The Bertz CT molecular complexity index is 2190. The smallest absolute Gasteiger partial charge is 0.264 e. The molecule has 0 aliphatic carbocycles. The number of halogens is 1. The third kappa shape index (κ3) is 4.57. The molecule has 6 rings (SSSR count). The average Bonchev–Trinajstić information content (AvgIpc) is 3.61. The summed E-state index contributed by atoms with van der Waals surface area (Å²) in [6.07, 6.45) is 5.61. The quantitative estimate of drug-likeness (QED) is 0.325. The fraction of sp³-hybridized carbons (Fsp3) is 0.100. The van der Waals surface area contributed by atoms with Gasteiger partial charge < -0.3 is 11.1 Å². The van der Waals surface area contributed by atoms with Gasteiger partial charge in [-0.2, -0.15) is 5.10 Å². The third-order valence-electron chi connectivity index (χ3n) is 6.53. The molecular formula is C30H23FN8O2. The van der Waals surface area contributed by atoms with Gasteiger partial charge in [0.15, 0.2) is 11.5 Å². The van der Waals surface area contributed by atoms with Crippen molar-refractivity contribution in [2.45, 2.75) is 13.0 Å². The van der Waals surface area contributed by atoms with E-state index < -0.39 is 30.3 Å². The van der Waals surface area contributed by atoms with Gasteiger partial charge in [0.05, 0.1) is 28.8 Å². The largest absolute Gasteiger partial charge is 0.381 e. The number of rotatable bonds is 4. The Morgan fingerprint density at radius 2 is 2.00 bits per heavy atom. The number of carbonyl (C=O) groups is 1. The number of pyridine rings is 1. The van der Waals surface area contributed by atoms with Crippen LogP contribution >= 0.6 is 0 Å². The SMILES string of the molecule is [2H]C([2H])([2H])n1cc(C#Cc2c(F)ccc3cc([C@H](C)NC(=O)c4c(N)nn5cccnc45)n(-c4ccccc4)c(=O)c23)cn1. The highest BCUT2D eigenvalue weighted by Gasteiger charge is 2.24. The van der Waals surface area contributed by atoms with E-state index in [0.29, 0.717) is 16.8 Å². The molecule has 0 saturated heterocycles. The molecule has 0 unspecified atom stereocenters. The van der Waals surface area contributed by atoms with Crippen LogP contribution < -0.4 is 16.6 Å². The Kier molecular flexibility index (Phi) is 5.44. The number of aromatic nitrogens is 6. The molecule has 4 aromatic heterocycles. The molecule has 2 aromatic carbocycles. The van der Waals surface area contributed by atoms with Crippen LogP contribution in [0.1, 0.15) is 44.3 Å². The Morgan fingerprint density at radius 1 is 1.17 bits per heavy atom. The lowest BCUT2D eigenvalue weighted by atomic mass is 10.0. The van der Waals surface area contributed by atoms with E-state index in [0.717, 1.165) is 4.68 Å². The van der Waals surface area contributed by atoms with Crippen LogP contribution in [0, 0.1) is 17.7 Å². The van der Waals surface area contributed by atoms with Crippen molar-refractivity contribution in [2.75, 3.05) is 5.73 Å². The second kappa shape index (κ2) is 10.1. The Balaban J connectivity index is 1.48. The molecule has 0 bridgehead atoms. The van der Waals surface area contributed by atoms with E-state index in [1.165, 1.54) is 39.8 Å². The number of amides is 1. The number of nitrogen functional groups attached to an aromatic ring is 1. The van der Waals surface area contributed by atoms with Crippen molar-refractivity contribution in [3.63, 3.8) is 0 Å². The number of hydrogen-bond donors (Lipinski definition) is 2. The maximum absolute atomic E-state index is 15.2. The first-order valence-electron chi connectivity index (χ1n) is 13.9. The Hall–Kier alpha value is -5.76. The van der Waals surface area contributed by atoms with E-state index in [-0.39, 0.29) is 33.5 Å². The average molecular weight is 550 g/mol. The molecule has 3 N–H and O–H groups in total. The number of hydrogen-bond acceptors (Lipinski definition) is 6. The third-order valence-corrected chi connectivity index (χ3v) is 6.53. The lowest BCUT2D eigenvalue weighted by molar-refractivity contribution is 0.0941. The molecule has 202 valence electrons. The van der Waals surface area contributed by atoms with Crippen LogP contribution in [-0.2, 0) is 6.98 Å². The lowest BCUT2D eigenvalue weighted by Crippen LogP contribution is -2.32. The molecule has 11 heteroatoms. The van der Waals surface area contributed by atoms with Crippen LogP contribution in [0.5, 0.6) is 0 Å². The number of benzene rings is 2. The van der Waals surface area contributed by atoms with Crippen LogP contribution in [0.3, 0.4) is 0 Å². The highest BCUT2D eigenvalue weighted by atomic mass is 19.1. The van der Waals surface area contributed by atoms with E-state index in [4.69, 9.17) is 9.85 Å². The van der Waals surface area contributed by atoms with Crippen LogP contribution in [0.25, 0.3) is 22.1 Å². The topological polar surface area (TPSA) is 125 Å². The van der Waals surface area contributed by atoms with Crippen molar-refractivity contribution in [2.24, 2.45) is 6.98 Å². The zero-order valence-corrected chi connectivity index (χ0v) is 21.5. The summed E-state index contributed by atoms with van der Waals surface area (Å²) < 4.78 is 41.3. The Labute approximate surface area is 237 Å². The highest BCUT2D eigenvalue weighted by Crippen LogP contribution is 2.25. The molecule has 1 atom stereocenters. The summed E-state index contributed by atoms with van der Waals surface area (Å²) in [4.78, 5) is 31.8. The number of para-hydroxylation sites is 1. The van der Waals surface area contributed by atoms with Crippen LogP contribution in [-0.4, -0.2) is 34.9 Å². The molecule has 1 amide bonds. The molecule has 10 nitrogen and oxygen atoms in total. The minimum atomic E-state index is -2.50. The number of fused-ring (bicyclic) bond motifs is 2. The molecule has 0 radical (unpaired) electrons. The monoisotopic (exact) mass is 549 g/mol. The summed E-state index contributed by atoms with van der Waals surface area (Å²) in [6, 6.07) is 14.0. The van der Waals surface area contributed by atoms with Crippen molar-refractivity contribution in [3.8, 4) is 17.5 Å². The van der Waals surface area contributed by atoms with Crippen molar-refractivity contribution in [3.05, 3.63) is 118 Å². The highest BCUT2D eigenvalue weighted by molar-refractivity contribution is 6.04. The van der Waals surface area contributed by atoms with Crippen molar-refractivity contribution >= 4 is 28.1 Å². The van der Waals surface area contributed by atoms with Gasteiger partial charge in [-0.05, 0) is 42.6 Å².